The summed E-state index contributed by atoms with van der Waals surface area (Å²) in [7, 11) is 7.60. The molecular weight excluding hydrogens is 618 g/mol. The number of epoxide rings is 1. The summed E-state index contributed by atoms with van der Waals surface area (Å²) in [4.78, 5) is 28.6. The number of morpholine rings is 1. The van der Waals surface area contributed by atoms with Crippen LogP contribution < -0.4 is 21.7 Å². The maximum Gasteiger partial charge on any atom is 0.349 e. The minimum absolute atomic E-state index is 0. The number of halogens is 1. The van der Waals surface area contributed by atoms with E-state index < -0.39 is 17.5 Å². The molecule has 3 aromatic rings. The van der Waals surface area contributed by atoms with Gasteiger partial charge in [0, 0.05) is 20.0 Å². The lowest BCUT2D eigenvalue weighted by Crippen LogP contribution is -3.00. The van der Waals surface area contributed by atoms with Crippen molar-refractivity contribution in [2.24, 2.45) is 0 Å². The molecule has 3 aliphatic rings. The van der Waals surface area contributed by atoms with E-state index in [0.717, 1.165) is 28.6 Å². The van der Waals surface area contributed by atoms with Crippen LogP contribution in [0.2, 0.25) is 0 Å². The van der Waals surface area contributed by atoms with Gasteiger partial charge in [-0.2, -0.15) is 0 Å². The van der Waals surface area contributed by atoms with Gasteiger partial charge in [0.1, 0.15) is 47.6 Å². The average molecular weight is 651 g/mol. The number of methoxy groups -OCH3 is 2. The van der Waals surface area contributed by atoms with E-state index in [1.807, 2.05) is 41.8 Å². The zero-order chi connectivity index (χ0) is 27.4. The molecule has 1 aromatic carbocycles. The van der Waals surface area contributed by atoms with Crippen LogP contribution in [0.4, 0.5) is 0 Å². The standard InChI is InChI=1S/C29H32NO7S2.BrH/c1-30(2)20-14-19(15-21(30)26-25(20)37-26)36-28(32)29(34-4,23-6-5-13-38-23)24-12-11-22(39-24)27(31)35-16-17-7-9-18(33-3)10-8-17;/h5-13,19-21,25-26H,14-16H2,1-4H3;1H/q+1;/p-1. The zero-order valence-corrected chi connectivity index (χ0v) is 25.9. The van der Waals surface area contributed by atoms with Gasteiger partial charge in [0.2, 0.25) is 5.60 Å². The largest absolute Gasteiger partial charge is 1.00 e. The Bertz CT molecular complexity index is 1340. The summed E-state index contributed by atoms with van der Waals surface area (Å²) in [6, 6.07) is 15.2. The van der Waals surface area contributed by atoms with Crippen LogP contribution in [0.5, 0.6) is 5.75 Å². The number of thiophene rings is 2. The van der Waals surface area contributed by atoms with Crippen LogP contribution >= 0.6 is 22.7 Å². The quantitative estimate of drug-likeness (QED) is 0.197. The summed E-state index contributed by atoms with van der Waals surface area (Å²) in [5, 5.41) is 1.90. The van der Waals surface area contributed by atoms with Crippen LogP contribution in [0, 0.1) is 0 Å². The number of benzene rings is 1. The second-order valence-corrected chi connectivity index (χ2v) is 12.8. The number of ether oxygens (including phenoxy) is 5. The first-order chi connectivity index (χ1) is 18.8. The van der Waals surface area contributed by atoms with Crippen molar-refractivity contribution in [2.75, 3.05) is 28.3 Å². The van der Waals surface area contributed by atoms with Gasteiger partial charge >= 0.3 is 11.9 Å². The van der Waals surface area contributed by atoms with Gasteiger partial charge in [-0.25, -0.2) is 9.59 Å². The summed E-state index contributed by atoms with van der Waals surface area (Å²) in [5.41, 5.74) is -0.617. The Morgan fingerprint density at radius 2 is 1.70 bits per heavy atom. The zero-order valence-electron chi connectivity index (χ0n) is 22.7. The van der Waals surface area contributed by atoms with Crippen LogP contribution in [-0.4, -0.2) is 75.1 Å². The van der Waals surface area contributed by atoms with Crippen LogP contribution in [0.25, 0.3) is 0 Å². The van der Waals surface area contributed by atoms with E-state index in [-0.39, 0.29) is 41.9 Å². The number of hydrogen-bond acceptors (Lipinski definition) is 9. The van der Waals surface area contributed by atoms with Crippen LogP contribution in [0.1, 0.15) is 37.8 Å². The first kappa shape index (κ1) is 29.2. The summed E-state index contributed by atoms with van der Waals surface area (Å²) in [6.07, 6.45) is 1.84. The SMILES string of the molecule is COc1ccc(COC(=O)c2ccc(C(OC)(C(=O)OC3CC4C5OC5C(C3)[N+]4(C)C)c3cccs3)s2)cc1.[Br-]. The van der Waals surface area contributed by atoms with E-state index in [1.54, 1.807) is 19.2 Å². The molecule has 3 fully saturated rings. The van der Waals surface area contributed by atoms with Gasteiger partial charge in [-0.05, 0) is 41.3 Å². The Morgan fingerprint density at radius 1 is 1.00 bits per heavy atom. The number of carbonyl (C=O) groups excluding carboxylic acids is 2. The molecule has 214 valence electrons. The van der Waals surface area contributed by atoms with Gasteiger partial charge in [-0.15, -0.1) is 22.7 Å². The van der Waals surface area contributed by atoms with Crippen molar-refractivity contribution < 1.29 is 54.7 Å². The second kappa shape index (κ2) is 11.2. The molecule has 3 saturated heterocycles. The molecule has 5 heterocycles. The Balaban J connectivity index is 0.00000323. The number of piperidine rings is 1. The highest BCUT2D eigenvalue weighted by molar-refractivity contribution is 7.14. The summed E-state index contributed by atoms with van der Waals surface area (Å²) < 4.78 is 29.7. The van der Waals surface area contributed by atoms with Gasteiger partial charge in [0.25, 0.3) is 0 Å². The number of carbonyl (C=O) groups is 2. The molecule has 2 bridgehead atoms. The number of fused-ring (bicyclic) bond motifs is 5. The van der Waals surface area contributed by atoms with Crippen molar-refractivity contribution in [1.82, 2.24) is 0 Å². The van der Waals surface area contributed by atoms with E-state index >= 15 is 0 Å². The molecule has 5 atom stereocenters. The van der Waals surface area contributed by atoms with Crippen molar-refractivity contribution >= 4 is 34.6 Å². The third-order valence-electron chi connectivity index (χ3n) is 8.46. The molecule has 0 amide bonds. The maximum atomic E-state index is 14.0. The molecule has 6 rings (SSSR count). The fraction of sp³-hybridized carbons (Fsp3) is 0.448. The number of nitrogens with zero attached hydrogens (tertiary/aromatic N) is 1. The molecule has 0 radical (unpaired) electrons. The van der Waals surface area contributed by atoms with Crippen molar-refractivity contribution in [2.45, 2.75) is 55.4 Å². The fourth-order valence-corrected chi connectivity index (χ4v) is 8.24. The summed E-state index contributed by atoms with van der Waals surface area (Å²) in [6.45, 7) is 0.128. The topological polar surface area (TPSA) is 83.6 Å². The van der Waals surface area contributed by atoms with Crippen molar-refractivity contribution in [3.63, 3.8) is 0 Å². The minimum atomic E-state index is -1.46. The molecule has 3 aliphatic heterocycles. The molecule has 8 nitrogen and oxygen atoms in total. The van der Waals surface area contributed by atoms with Gasteiger partial charge < -0.3 is 45.1 Å². The van der Waals surface area contributed by atoms with E-state index in [1.165, 1.54) is 29.8 Å². The van der Waals surface area contributed by atoms with Crippen LogP contribution in [-0.2, 0) is 35.9 Å². The van der Waals surface area contributed by atoms with Crippen molar-refractivity contribution in [3.05, 3.63) is 74.1 Å². The molecular formula is C29H32BrNO7S2. The highest BCUT2D eigenvalue weighted by atomic mass is 79.9. The van der Waals surface area contributed by atoms with Gasteiger partial charge in [0.15, 0.2) is 0 Å². The van der Waals surface area contributed by atoms with Gasteiger partial charge in [0.05, 0.1) is 31.0 Å². The lowest BCUT2D eigenvalue weighted by molar-refractivity contribution is -0.938. The van der Waals surface area contributed by atoms with E-state index in [0.29, 0.717) is 26.7 Å². The third-order valence-corrected chi connectivity index (χ3v) is 10.6. The van der Waals surface area contributed by atoms with Crippen LogP contribution in [0.3, 0.4) is 0 Å². The molecule has 2 aromatic heterocycles. The van der Waals surface area contributed by atoms with Crippen molar-refractivity contribution in [1.29, 1.82) is 0 Å². The average Bonchev–Trinajstić information content (AvgIpc) is 3.23. The van der Waals surface area contributed by atoms with Crippen LogP contribution in [0.15, 0.2) is 53.9 Å². The lowest BCUT2D eigenvalue weighted by Gasteiger charge is -2.45. The number of quaternary nitrogens is 1. The highest BCUT2D eigenvalue weighted by Gasteiger charge is 2.71. The Hall–Kier alpha value is -2.28. The fourth-order valence-electron chi connectivity index (χ4n) is 6.20. The summed E-state index contributed by atoms with van der Waals surface area (Å²) in [5.74, 6) is -0.188. The van der Waals surface area contributed by atoms with E-state index in [2.05, 4.69) is 14.1 Å². The minimum Gasteiger partial charge on any atom is -1.00 e. The molecule has 5 unspecified atom stereocenters. The molecule has 0 N–H and O–H groups in total. The first-order valence-electron chi connectivity index (χ1n) is 13.0. The monoisotopic (exact) mass is 649 g/mol. The predicted molar refractivity (Wildman–Crippen MR) is 146 cm³/mol. The number of esters is 2. The van der Waals surface area contributed by atoms with E-state index in [9.17, 15) is 9.59 Å². The third kappa shape index (κ3) is 4.90. The Morgan fingerprint density at radius 3 is 2.30 bits per heavy atom. The summed E-state index contributed by atoms with van der Waals surface area (Å²) >= 11 is 2.61. The lowest BCUT2D eigenvalue weighted by atomic mass is 9.95. The maximum absolute atomic E-state index is 14.0. The predicted octanol–water partition coefficient (Wildman–Crippen LogP) is 1.37. The molecule has 0 aliphatic carbocycles. The van der Waals surface area contributed by atoms with Gasteiger partial charge in [-0.3, -0.25) is 0 Å². The number of rotatable bonds is 9. The number of likely N-dealkylation sites (N-methyl/N-ethyl adjacent to an activating group) is 1. The molecule has 0 saturated carbocycles. The smallest absolute Gasteiger partial charge is 0.349 e. The Kier molecular flexibility index (Phi) is 8.17. The van der Waals surface area contributed by atoms with Crippen molar-refractivity contribution in [3.8, 4) is 5.75 Å². The normalized spacial score (nSPS) is 27.1. The second-order valence-electron chi connectivity index (χ2n) is 10.8. The molecule has 40 heavy (non-hydrogen) atoms. The Labute approximate surface area is 252 Å². The van der Waals surface area contributed by atoms with E-state index in [4.69, 9.17) is 23.7 Å². The molecule has 11 heteroatoms. The number of hydrogen-bond donors (Lipinski definition) is 0. The molecule has 0 spiro atoms. The highest BCUT2D eigenvalue weighted by Crippen LogP contribution is 2.52. The first-order valence-corrected chi connectivity index (χ1v) is 14.7. The van der Waals surface area contributed by atoms with Gasteiger partial charge in [-0.1, -0.05) is 18.2 Å².